The van der Waals surface area contributed by atoms with Crippen LogP contribution in [0.3, 0.4) is 0 Å². The number of carbonyl (C=O) groups excluding carboxylic acids is 1. The van der Waals surface area contributed by atoms with Gasteiger partial charge in [-0.2, -0.15) is 0 Å². The van der Waals surface area contributed by atoms with Gasteiger partial charge in [-0.05, 0) is 29.7 Å². The van der Waals surface area contributed by atoms with Gasteiger partial charge in [0, 0.05) is 32.7 Å². The molecule has 0 spiro atoms. The summed E-state index contributed by atoms with van der Waals surface area (Å²) in [6.07, 6.45) is 0.987. The fraction of sp³-hybridized carbons (Fsp3) is 0.409. The highest BCUT2D eigenvalue weighted by molar-refractivity contribution is 5.77. The molecule has 0 atom stereocenters. The molecule has 0 aromatic heterocycles. The summed E-state index contributed by atoms with van der Waals surface area (Å²) in [7, 11) is 1.68. The third-order valence-corrected chi connectivity index (χ3v) is 4.84. The number of hydrogen-bond acceptors (Lipinski definition) is 4. The lowest BCUT2D eigenvalue weighted by atomic mass is 10.2. The third kappa shape index (κ3) is 6.08. The molecule has 1 amide bonds. The molecule has 0 radical (unpaired) electrons. The molecule has 2 aromatic rings. The van der Waals surface area contributed by atoms with Gasteiger partial charge in [0.05, 0.1) is 13.7 Å². The molecule has 0 aliphatic carbocycles. The summed E-state index contributed by atoms with van der Waals surface area (Å²) in [5.74, 6) is 0.958. The fourth-order valence-corrected chi connectivity index (χ4v) is 3.29. The first-order chi connectivity index (χ1) is 13.2. The average molecular weight is 368 g/mol. The maximum atomic E-state index is 12.4. The van der Waals surface area contributed by atoms with Gasteiger partial charge in [0.1, 0.15) is 12.4 Å². The minimum atomic E-state index is 0.0808. The van der Waals surface area contributed by atoms with Crippen LogP contribution < -0.4 is 4.74 Å². The first-order valence-electron chi connectivity index (χ1n) is 9.49. The van der Waals surface area contributed by atoms with Crippen LogP contribution in [0.5, 0.6) is 5.75 Å². The van der Waals surface area contributed by atoms with Crippen molar-refractivity contribution in [2.75, 3.05) is 39.9 Å². The Morgan fingerprint density at radius 3 is 2.44 bits per heavy atom. The zero-order valence-corrected chi connectivity index (χ0v) is 16.0. The monoisotopic (exact) mass is 368 g/mol. The van der Waals surface area contributed by atoms with Gasteiger partial charge in [-0.15, -0.1) is 0 Å². The predicted molar refractivity (Wildman–Crippen MR) is 106 cm³/mol. The number of carbonyl (C=O) groups is 1. The van der Waals surface area contributed by atoms with E-state index in [9.17, 15) is 4.79 Å². The molecule has 3 rings (SSSR count). The molecule has 2 aromatic carbocycles. The van der Waals surface area contributed by atoms with Gasteiger partial charge in [0.15, 0.2) is 0 Å². The fourth-order valence-electron chi connectivity index (χ4n) is 3.29. The Labute approximate surface area is 161 Å². The van der Waals surface area contributed by atoms with Crippen LogP contribution in [0.25, 0.3) is 0 Å². The van der Waals surface area contributed by atoms with Crippen molar-refractivity contribution in [1.29, 1.82) is 0 Å². The van der Waals surface area contributed by atoms with Gasteiger partial charge in [-0.1, -0.05) is 42.5 Å². The Morgan fingerprint density at radius 1 is 0.926 bits per heavy atom. The van der Waals surface area contributed by atoms with E-state index < -0.39 is 0 Å². The van der Waals surface area contributed by atoms with Gasteiger partial charge in [-0.25, -0.2) is 0 Å². The van der Waals surface area contributed by atoms with Crippen LogP contribution in [0.2, 0.25) is 0 Å². The smallest absolute Gasteiger partial charge is 0.248 e. The lowest BCUT2D eigenvalue weighted by Gasteiger charge is -2.22. The first-order valence-corrected chi connectivity index (χ1v) is 9.49. The molecule has 0 N–H and O–H groups in total. The Morgan fingerprint density at radius 2 is 1.70 bits per heavy atom. The van der Waals surface area contributed by atoms with Gasteiger partial charge in [-0.3, -0.25) is 9.69 Å². The SMILES string of the molecule is COc1ccc(CN2CCCN(C(=O)COCc3ccccc3)CC2)cc1. The Bertz CT molecular complexity index is 703. The number of rotatable bonds is 7. The summed E-state index contributed by atoms with van der Waals surface area (Å²) < 4.78 is 10.8. The van der Waals surface area contributed by atoms with Crippen molar-refractivity contribution in [3.05, 3.63) is 65.7 Å². The highest BCUT2D eigenvalue weighted by Crippen LogP contribution is 2.14. The van der Waals surface area contributed by atoms with Crippen molar-refractivity contribution in [2.45, 2.75) is 19.6 Å². The van der Waals surface area contributed by atoms with Crippen LogP contribution in [0.1, 0.15) is 17.5 Å². The van der Waals surface area contributed by atoms with Crippen molar-refractivity contribution >= 4 is 5.91 Å². The lowest BCUT2D eigenvalue weighted by Crippen LogP contribution is -2.37. The van der Waals surface area contributed by atoms with Gasteiger partial charge < -0.3 is 14.4 Å². The summed E-state index contributed by atoms with van der Waals surface area (Å²) in [5.41, 5.74) is 2.36. The van der Waals surface area contributed by atoms with E-state index in [1.165, 1.54) is 5.56 Å². The topological polar surface area (TPSA) is 42.0 Å². The van der Waals surface area contributed by atoms with E-state index in [-0.39, 0.29) is 12.5 Å². The first kappa shape index (κ1) is 19.4. The number of amides is 1. The van der Waals surface area contributed by atoms with E-state index in [0.29, 0.717) is 6.61 Å². The summed E-state index contributed by atoms with van der Waals surface area (Å²) in [4.78, 5) is 16.8. The second-order valence-electron chi connectivity index (χ2n) is 6.84. The molecule has 5 nitrogen and oxygen atoms in total. The Kier molecular flexibility index (Phi) is 7.25. The number of ether oxygens (including phenoxy) is 2. The van der Waals surface area contributed by atoms with Crippen LogP contribution in [0, 0.1) is 0 Å². The molecule has 5 heteroatoms. The van der Waals surface area contributed by atoms with Crippen LogP contribution >= 0.6 is 0 Å². The Balaban J connectivity index is 1.42. The van der Waals surface area contributed by atoms with Gasteiger partial charge in [0.2, 0.25) is 5.91 Å². The quantitative estimate of drug-likeness (QED) is 0.754. The standard InChI is InChI=1S/C22H28N2O3/c1-26-21-10-8-19(9-11-21)16-23-12-5-13-24(15-14-23)22(25)18-27-17-20-6-3-2-4-7-20/h2-4,6-11H,5,12-18H2,1H3. The lowest BCUT2D eigenvalue weighted by molar-refractivity contribution is -0.136. The largest absolute Gasteiger partial charge is 0.497 e. The van der Waals surface area contributed by atoms with Crippen molar-refractivity contribution < 1.29 is 14.3 Å². The average Bonchev–Trinajstić information content (AvgIpc) is 2.95. The Hall–Kier alpha value is -2.37. The maximum Gasteiger partial charge on any atom is 0.248 e. The van der Waals surface area contributed by atoms with Crippen molar-refractivity contribution in [3.63, 3.8) is 0 Å². The van der Waals surface area contributed by atoms with Crippen LogP contribution in [0.4, 0.5) is 0 Å². The second-order valence-corrected chi connectivity index (χ2v) is 6.84. The van der Waals surface area contributed by atoms with Crippen molar-refractivity contribution in [3.8, 4) is 5.75 Å². The molecule has 0 unspecified atom stereocenters. The number of hydrogen-bond donors (Lipinski definition) is 0. The number of benzene rings is 2. The molecule has 1 heterocycles. The van der Waals surface area contributed by atoms with Crippen LogP contribution in [0.15, 0.2) is 54.6 Å². The number of methoxy groups -OCH3 is 1. The number of nitrogens with zero attached hydrogens (tertiary/aromatic N) is 2. The molecule has 0 bridgehead atoms. The molecular formula is C22H28N2O3. The molecule has 1 saturated heterocycles. The van der Waals surface area contributed by atoms with Gasteiger partial charge in [0.25, 0.3) is 0 Å². The summed E-state index contributed by atoms with van der Waals surface area (Å²) in [6.45, 7) is 4.96. The van der Waals surface area contributed by atoms with E-state index in [4.69, 9.17) is 9.47 Å². The highest BCUT2D eigenvalue weighted by Gasteiger charge is 2.19. The molecule has 144 valence electrons. The molecule has 27 heavy (non-hydrogen) atoms. The normalized spacial score (nSPS) is 15.4. The summed E-state index contributed by atoms with van der Waals surface area (Å²) in [5, 5.41) is 0. The van der Waals surface area contributed by atoms with E-state index >= 15 is 0 Å². The van der Waals surface area contributed by atoms with E-state index in [2.05, 4.69) is 17.0 Å². The van der Waals surface area contributed by atoms with Crippen molar-refractivity contribution in [1.82, 2.24) is 9.80 Å². The van der Waals surface area contributed by atoms with E-state index in [1.54, 1.807) is 7.11 Å². The zero-order chi connectivity index (χ0) is 18.9. The molecule has 1 aliphatic rings. The minimum Gasteiger partial charge on any atom is -0.497 e. The van der Waals surface area contributed by atoms with E-state index in [1.807, 2.05) is 47.4 Å². The molecule has 0 saturated carbocycles. The molecule has 1 fully saturated rings. The minimum absolute atomic E-state index is 0.0808. The third-order valence-electron chi connectivity index (χ3n) is 4.84. The van der Waals surface area contributed by atoms with E-state index in [0.717, 1.165) is 50.5 Å². The van der Waals surface area contributed by atoms with Crippen LogP contribution in [-0.2, 0) is 22.7 Å². The maximum absolute atomic E-state index is 12.4. The summed E-state index contributed by atoms with van der Waals surface area (Å²) in [6, 6.07) is 18.1. The van der Waals surface area contributed by atoms with Gasteiger partial charge >= 0.3 is 0 Å². The molecule has 1 aliphatic heterocycles. The van der Waals surface area contributed by atoms with Crippen molar-refractivity contribution in [2.24, 2.45) is 0 Å². The zero-order valence-electron chi connectivity index (χ0n) is 16.0. The molecular weight excluding hydrogens is 340 g/mol. The van der Waals surface area contributed by atoms with Crippen LogP contribution in [-0.4, -0.2) is 55.6 Å². The highest BCUT2D eigenvalue weighted by atomic mass is 16.5. The second kappa shape index (κ2) is 10.1. The summed E-state index contributed by atoms with van der Waals surface area (Å²) >= 11 is 0. The predicted octanol–water partition coefficient (Wildman–Crippen LogP) is 2.95.